The van der Waals surface area contributed by atoms with Gasteiger partial charge in [-0.1, -0.05) is 11.6 Å². The van der Waals surface area contributed by atoms with E-state index in [1.54, 1.807) is 13.8 Å². The zero-order valence-electron chi connectivity index (χ0n) is 9.40. The first-order chi connectivity index (χ1) is 7.00. The maximum atomic E-state index is 9.55. The van der Waals surface area contributed by atoms with Crippen LogP contribution in [0.5, 0.6) is 5.75 Å². The SMILES string of the molecule is Cc1ccc(OCC(C)O)c([C@@H](C)O)c1. The quantitative estimate of drug-likeness (QED) is 0.796. The second-order valence-electron chi connectivity index (χ2n) is 3.88. The summed E-state index contributed by atoms with van der Waals surface area (Å²) in [6.45, 7) is 5.56. The summed E-state index contributed by atoms with van der Waals surface area (Å²) in [4.78, 5) is 0. The minimum absolute atomic E-state index is 0.239. The van der Waals surface area contributed by atoms with Gasteiger partial charge in [0.05, 0.1) is 12.2 Å². The van der Waals surface area contributed by atoms with Crippen LogP contribution in [-0.4, -0.2) is 22.9 Å². The molecule has 0 saturated carbocycles. The zero-order valence-corrected chi connectivity index (χ0v) is 9.40. The molecule has 1 aromatic carbocycles. The maximum absolute atomic E-state index is 9.55. The van der Waals surface area contributed by atoms with Gasteiger partial charge in [-0.05, 0) is 32.9 Å². The highest BCUT2D eigenvalue weighted by Gasteiger charge is 2.10. The average Bonchev–Trinajstić information content (AvgIpc) is 2.15. The van der Waals surface area contributed by atoms with Crippen LogP contribution in [0.4, 0.5) is 0 Å². The molecular weight excluding hydrogens is 192 g/mol. The minimum atomic E-state index is -0.561. The summed E-state index contributed by atoms with van der Waals surface area (Å²) in [6.07, 6.45) is -1.07. The second-order valence-corrected chi connectivity index (χ2v) is 3.88. The third kappa shape index (κ3) is 3.53. The van der Waals surface area contributed by atoms with Crippen LogP contribution < -0.4 is 4.74 Å². The highest BCUT2D eigenvalue weighted by atomic mass is 16.5. The Balaban J connectivity index is 2.86. The smallest absolute Gasteiger partial charge is 0.125 e. The Labute approximate surface area is 90.3 Å². The van der Waals surface area contributed by atoms with Gasteiger partial charge in [-0.3, -0.25) is 0 Å². The molecule has 84 valence electrons. The molecule has 1 aromatic rings. The number of ether oxygens (including phenoxy) is 1. The van der Waals surface area contributed by atoms with Crippen molar-refractivity contribution in [3.63, 3.8) is 0 Å². The van der Waals surface area contributed by atoms with Crippen molar-refractivity contribution >= 4 is 0 Å². The van der Waals surface area contributed by atoms with Crippen molar-refractivity contribution in [1.82, 2.24) is 0 Å². The molecule has 2 atom stereocenters. The van der Waals surface area contributed by atoms with Gasteiger partial charge in [0.1, 0.15) is 12.4 Å². The van der Waals surface area contributed by atoms with E-state index in [0.717, 1.165) is 11.1 Å². The normalized spacial score (nSPS) is 14.7. The number of rotatable bonds is 4. The Morgan fingerprint density at radius 3 is 2.47 bits per heavy atom. The van der Waals surface area contributed by atoms with Gasteiger partial charge in [-0.15, -0.1) is 0 Å². The molecule has 0 heterocycles. The fourth-order valence-corrected chi connectivity index (χ4v) is 1.34. The molecule has 0 aromatic heterocycles. The first-order valence-electron chi connectivity index (χ1n) is 5.10. The molecule has 0 bridgehead atoms. The van der Waals surface area contributed by atoms with Gasteiger partial charge in [0.2, 0.25) is 0 Å². The van der Waals surface area contributed by atoms with Crippen molar-refractivity contribution in [3.8, 4) is 5.75 Å². The van der Waals surface area contributed by atoms with E-state index in [-0.39, 0.29) is 6.61 Å². The Morgan fingerprint density at radius 1 is 1.27 bits per heavy atom. The van der Waals surface area contributed by atoms with Crippen molar-refractivity contribution in [3.05, 3.63) is 29.3 Å². The molecule has 3 nitrogen and oxygen atoms in total. The Kier molecular flexibility index (Phi) is 4.12. The number of aliphatic hydroxyl groups excluding tert-OH is 2. The molecule has 0 amide bonds. The summed E-state index contributed by atoms with van der Waals surface area (Å²) in [5.41, 5.74) is 1.84. The van der Waals surface area contributed by atoms with Gasteiger partial charge in [-0.25, -0.2) is 0 Å². The molecule has 2 N–H and O–H groups in total. The predicted octanol–water partition coefficient (Wildman–Crippen LogP) is 1.81. The highest BCUT2D eigenvalue weighted by molar-refractivity contribution is 5.38. The topological polar surface area (TPSA) is 49.7 Å². The van der Waals surface area contributed by atoms with E-state index < -0.39 is 12.2 Å². The van der Waals surface area contributed by atoms with E-state index in [2.05, 4.69) is 0 Å². The van der Waals surface area contributed by atoms with Crippen LogP contribution in [0, 0.1) is 6.92 Å². The van der Waals surface area contributed by atoms with Crippen LogP contribution in [0.15, 0.2) is 18.2 Å². The summed E-state index contributed by atoms with van der Waals surface area (Å²) in [6, 6.07) is 5.63. The van der Waals surface area contributed by atoms with Crippen molar-refractivity contribution in [1.29, 1.82) is 0 Å². The summed E-state index contributed by atoms with van der Waals surface area (Å²) >= 11 is 0. The number of hydrogen-bond donors (Lipinski definition) is 2. The first kappa shape index (κ1) is 12.0. The molecule has 0 spiro atoms. The van der Waals surface area contributed by atoms with Crippen molar-refractivity contribution in [2.45, 2.75) is 33.0 Å². The first-order valence-corrected chi connectivity index (χ1v) is 5.10. The summed E-state index contributed by atoms with van der Waals surface area (Å²) < 4.78 is 5.40. The van der Waals surface area contributed by atoms with Gasteiger partial charge in [-0.2, -0.15) is 0 Å². The molecule has 15 heavy (non-hydrogen) atoms. The van der Waals surface area contributed by atoms with Crippen LogP contribution in [0.1, 0.15) is 31.1 Å². The monoisotopic (exact) mass is 210 g/mol. The number of aliphatic hydroxyl groups is 2. The Bertz CT molecular complexity index is 319. The highest BCUT2D eigenvalue weighted by Crippen LogP contribution is 2.26. The molecule has 1 rings (SSSR count). The molecule has 0 fully saturated rings. The summed E-state index contributed by atoms with van der Waals surface area (Å²) in [5, 5.41) is 18.7. The zero-order chi connectivity index (χ0) is 11.4. The van der Waals surface area contributed by atoms with Gasteiger partial charge in [0.25, 0.3) is 0 Å². The van der Waals surface area contributed by atoms with Crippen LogP contribution >= 0.6 is 0 Å². The molecule has 0 aliphatic rings. The van der Waals surface area contributed by atoms with Gasteiger partial charge >= 0.3 is 0 Å². The summed E-state index contributed by atoms with van der Waals surface area (Å²) in [5.74, 6) is 0.636. The maximum Gasteiger partial charge on any atom is 0.125 e. The molecule has 1 unspecified atom stereocenters. The Morgan fingerprint density at radius 2 is 1.93 bits per heavy atom. The Hall–Kier alpha value is -1.06. The van der Waals surface area contributed by atoms with Crippen LogP contribution in [0.25, 0.3) is 0 Å². The minimum Gasteiger partial charge on any atom is -0.491 e. The van der Waals surface area contributed by atoms with Gasteiger partial charge in [0.15, 0.2) is 0 Å². The van der Waals surface area contributed by atoms with E-state index in [4.69, 9.17) is 9.84 Å². The standard InChI is InChI=1S/C12H18O3/c1-8-4-5-12(15-7-9(2)13)11(6-8)10(3)14/h4-6,9-10,13-14H,7H2,1-3H3/t9?,10-/m1/s1. The van der Waals surface area contributed by atoms with Crippen LogP contribution in [0.3, 0.4) is 0 Å². The van der Waals surface area contributed by atoms with Crippen LogP contribution in [-0.2, 0) is 0 Å². The third-order valence-corrected chi connectivity index (χ3v) is 2.10. The molecule has 0 radical (unpaired) electrons. The number of benzene rings is 1. The van der Waals surface area contributed by atoms with Crippen molar-refractivity contribution in [2.75, 3.05) is 6.61 Å². The third-order valence-electron chi connectivity index (χ3n) is 2.10. The van der Waals surface area contributed by atoms with Crippen molar-refractivity contribution < 1.29 is 14.9 Å². The van der Waals surface area contributed by atoms with Crippen LogP contribution in [0.2, 0.25) is 0 Å². The molecular formula is C12H18O3. The second kappa shape index (κ2) is 5.14. The lowest BCUT2D eigenvalue weighted by Crippen LogP contribution is -2.14. The number of hydrogen-bond acceptors (Lipinski definition) is 3. The molecule has 0 aliphatic heterocycles. The van der Waals surface area contributed by atoms with Gasteiger partial charge in [0, 0.05) is 5.56 Å². The lowest BCUT2D eigenvalue weighted by atomic mass is 10.1. The predicted molar refractivity (Wildman–Crippen MR) is 59.0 cm³/mol. The summed E-state index contributed by atoms with van der Waals surface area (Å²) in [7, 11) is 0. The largest absolute Gasteiger partial charge is 0.491 e. The van der Waals surface area contributed by atoms with E-state index in [0.29, 0.717) is 5.75 Å². The molecule has 0 aliphatic carbocycles. The van der Waals surface area contributed by atoms with E-state index in [9.17, 15) is 5.11 Å². The fourth-order valence-electron chi connectivity index (χ4n) is 1.34. The van der Waals surface area contributed by atoms with Crippen molar-refractivity contribution in [2.24, 2.45) is 0 Å². The lowest BCUT2D eigenvalue weighted by Gasteiger charge is -2.15. The van der Waals surface area contributed by atoms with Gasteiger partial charge < -0.3 is 14.9 Å². The van der Waals surface area contributed by atoms with E-state index in [1.807, 2.05) is 25.1 Å². The fraction of sp³-hybridized carbons (Fsp3) is 0.500. The molecule has 0 saturated heterocycles. The molecule has 3 heteroatoms. The number of aryl methyl sites for hydroxylation is 1. The van der Waals surface area contributed by atoms with E-state index >= 15 is 0 Å². The lowest BCUT2D eigenvalue weighted by molar-refractivity contribution is 0.118. The van der Waals surface area contributed by atoms with E-state index in [1.165, 1.54) is 0 Å². The average molecular weight is 210 g/mol.